The van der Waals surface area contributed by atoms with Crippen LogP contribution in [0.1, 0.15) is 42.3 Å². The topological polar surface area (TPSA) is 107 Å². The van der Waals surface area contributed by atoms with E-state index in [0.29, 0.717) is 5.56 Å². The van der Waals surface area contributed by atoms with Crippen molar-refractivity contribution in [3.05, 3.63) is 70.8 Å². The number of methoxy groups -OCH3 is 1. The summed E-state index contributed by atoms with van der Waals surface area (Å²) in [5.74, 6) is -1.53. The highest BCUT2D eigenvalue weighted by atomic mass is 16.5. The van der Waals surface area contributed by atoms with E-state index in [1.54, 1.807) is 0 Å². The minimum Gasteiger partial charge on any atom is -0.508 e. The van der Waals surface area contributed by atoms with Gasteiger partial charge in [-0.25, -0.2) is 0 Å². The smallest absolute Gasteiger partial charge is 0.193 e. The van der Waals surface area contributed by atoms with Crippen LogP contribution in [0.2, 0.25) is 0 Å². The number of carbonyl (C=O) groups excluding carboxylic acids is 1. The van der Waals surface area contributed by atoms with Crippen molar-refractivity contribution in [1.82, 2.24) is 0 Å². The molecule has 0 heterocycles. The molecule has 0 aromatic heterocycles. The summed E-state index contributed by atoms with van der Waals surface area (Å²) in [4.78, 5) is 12.9. The molecule has 6 nitrogen and oxygen atoms in total. The van der Waals surface area contributed by atoms with Crippen LogP contribution in [0.4, 0.5) is 0 Å². The Morgan fingerprint density at radius 3 is 2.32 bits per heavy atom. The first-order chi connectivity index (χ1) is 14.5. The number of benzene rings is 2. The number of phenolic OH excluding ortho intramolecular Hbond substituents is 4. The lowest BCUT2D eigenvalue weighted by molar-refractivity contribution is 0.104. The molecule has 0 spiro atoms. The molecular formula is C25H28O6. The molecule has 0 unspecified atom stereocenters. The van der Waals surface area contributed by atoms with Gasteiger partial charge in [-0.1, -0.05) is 23.8 Å². The van der Waals surface area contributed by atoms with E-state index < -0.39 is 5.78 Å². The lowest BCUT2D eigenvalue weighted by Crippen LogP contribution is -2.07. The van der Waals surface area contributed by atoms with Crippen LogP contribution in [-0.4, -0.2) is 33.3 Å². The van der Waals surface area contributed by atoms with Crippen LogP contribution in [0.25, 0.3) is 6.08 Å². The van der Waals surface area contributed by atoms with E-state index >= 15 is 0 Å². The van der Waals surface area contributed by atoms with Gasteiger partial charge in [0.25, 0.3) is 0 Å². The molecule has 1 atom stereocenters. The van der Waals surface area contributed by atoms with E-state index in [2.05, 4.69) is 6.58 Å². The Morgan fingerprint density at radius 2 is 1.77 bits per heavy atom. The van der Waals surface area contributed by atoms with Crippen LogP contribution in [0.5, 0.6) is 28.7 Å². The van der Waals surface area contributed by atoms with Gasteiger partial charge in [0.2, 0.25) is 0 Å². The van der Waals surface area contributed by atoms with Crippen molar-refractivity contribution in [3.63, 3.8) is 0 Å². The fourth-order valence-corrected chi connectivity index (χ4v) is 3.19. The number of ketones is 1. The van der Waals surface area contributed by atoms with Crippen LogP contribution in [-0.2, 0) is 6.42 Å². The molecule has 0 saturated heterocycles. The van der Waals surface area contributed by atoms with Crippen LogP contribution in [0.3, 0.4) is 0 Å². The molecule has 0 bridgehead atoms. The maximum Gasteiger partial charge on any atom is 0.193 e. The summed E-state index contributed by atoms with van der Waals surface area (Å²) in [6.45, 7) is 9.74. The van der Waals surface area contributed by atoms with Crippen molar-refractivity contribution >= 4 is 11.9 Å². The summed E-state index contributed by atoms with van der Waals surface area (Å²) in [7, 11) is 1.33. The molecule has 31 heavy (non-hydrogen) atoms. The van der Waals surface area contributed by atoms with Gasteiger partial charge >= 0.3 is 0 Å². The molecule has 0 fully saturated rings. The zero-order valence-electron chi connectivity index (χ0n) is 18.1. The first-order valence-electron chi connectivity index (χ1n) is 9.71. The van der Waals surface area contributed by atoms with Crippen LogP contribution in [0, 0.1) is 5.92 Å². The predicted molar refractivity (Wildman–Crippen MR) is 121 cm³/mol. The standard InChI is InChI=1S/C25H28O6/c1-14(2)10-17(15(3)4)11-19-22(29)13-23(31-5)24(25(19)30)20(27)9-7-16-6-8-18(26)12-21(16)28/h6-10,12-13,17,26,28-30H,3,11H2,1-2,4-5H3/b9-7+/t17-/m1/s1. The van der Waals surface area contributed by atoms with Crippen molar-refractivity contribution in [2.45, 2.75) is 27.2 Å². The van der Waals surface area contributed by atoms with Crippen molar-refractivity contribution in [3.8, 4) is 28.7 Å². The molecule has 0 amide bonds. The molecule has 4 N–H and O–H groups in total. The number of hydrogen-bond acceptors (Lipinski definition) is 6. The van der Waals surface area contributed by atoms with E-state index in [9.17, 15) is 25.2 Å². The van der Waals surface area contributed by atoms with Gasteiger partial charge in [0, 0.05) is 29.2 Å². The zero-order valence-corrected chi connectivity index (χ0v) is 18.1. The first-order valence-corrected chi connectivity index (χ1v) is 9.71. The number of ether oxygens (including phenoxy) is 1. The molecule has 2 aromatic rings. The third-order valence-electron chi connectivity index (χ3n) is 4.83. The van der Waals surface area contributed by atoms with Gasteiger partial charge in [-0.05, 0) is 51.5 Å². The Morgan fingerprint density at radius 1 is 1.10 bits per heavy atom. The van der Waals surface area contributed by atoms with Gasteiger partial charge < -0.3 is 25.2 Å². The van der Waals surface area contributed by atoms with Crippen molar-refractivity contribution in [2.24, 2.45) is 5.92 Å². The van der Waals surface area contributed by atoms with Crippen LogP contribution < -0.4 is 4.74 Å². The number of rotatable bonds is 8. The minimum atomic E-state index is -0.572. The summed E-state index contributed by atoms with van der Waals surface area (Å²) < 4.78 is 5.20. The maximum atomic E-state index is 12.9. The lowest BCUT2D eigenvalue weighted by atomic mass is 9.89. The second kappa shape index (κ2) is 9.89. The number of carbonyl (C=O) groups is 1. The highest BCUT2D eigenvalue weighted by Crippen LogP contribution is 2.40. The number of aromatic hydroxyl groups is 4. The average molecular weight is 424 g/mol. The van der Waals surface area contributed by atoms with E-state index in [1.807, 2.05) is 26.8 Å². The van der Waals surface area contributed by atoms with E-state index in [4.69, 9.17) is 4.74 Å². The third-order valence-corrected chi connectivity index (χ3v) is 4.83. The summed E-state index contributed by atoms with van der Waals surface area (Å²) in [6.07, 6.45) is 4.78. The maximum absolute atomic E-state index is 12.9. The van der Waals surface area contributed by atoms with Gasteiger partial charge in [0.05, 0.1) is 7.11 Å². The highest BCUT2D eigenvalue weighted by Gasteiger charge is 2.24. The molecule has 0 aliphatic carbocycles. The molecular weight excluding hydrogens is 396 g/mol. The first kappa shape index (κ1) is 23.6. The molecule has 0 radical (unpaired) electrons. The predicted octanol–water partition coefficient (Wildman–Crippen LogP) is 5.11. The average Bonchev–Trinajstić information content (AvgIpc) is 2.68. The van der Waals surface area contributed by atoms with Crippen LogP contribution in [0.15, 0.2) is 54.1 Å². The van der Waals surface area contributed by atoms with E-state index in [-0.39, 0.29) is 52.2 Å². The van der Waals surface area contributed by atoms with Gasteiger partial charge in [-0.3, -0.25) is 4.79 Å². The summed E-state index contributed by atoms with van der Waals surface area (Å²) >= 11 is 0. The van der Waals surface area contributed by atoms with Crippen LogP contribution >= 0.6 is 0 Å². The normalized spacial score (nSPS) is 11.9. The summed E-state index contributed by atoms with van der Waals surface area (Å²) in [5, 5.41) is 40.6. The highest BCUT2D eigenvalue weighted by molar-refractivity contribution is 6.11. The summed E-state index contributed by atoms with van der Waals surface area (Å²) in [5.41, 5.74) is 2.35. The fraction of sp³-hybridized carbons (Fsp3) is 0.240. The molecule has 2 aromatic carbocycles. The Balaban J connectivity index is 2.50. The van der Waals surface area contributed by atoms with E-state index in [1.165, 1.54) is 37.5 Å². The lowest BCUT2D eigenvalue weighted by Gasteiger charge is -2.18. The second-order valence-electron chi connectivity index (χ2n) is 7.64. The molecule has 164 valence electrons. The molecule has 6 heteroatoms. The largest absolute Gasteiger partial charge is 0.508 e. The van der Waals surface area contributed by atoms with E-state index in [0.717, 1.165) is 17.2 Å². The fourth-order valence-electron chi connectivity index (χ4n) is 3.19. The second-order valence-corrected chi connectivity index (χ2v) is 7.64. The molecule has 0 aliphatic heterocycles. The molecule has 0 aliphatic rings. The number of allylic oxidation sites excluding steroid dienone is 4. The third kappa shape index (κ3) is 5.69. The summed E-state index contributed by atoms with van der Waals surface area (Å²) in [6, 6.07) is 5.28. The van der Waals surface area contributed by atoms with Gasteiger partial charge in [-0.2, -0.15) is 0 Å². The minimum absolute atomic E-state index is 0.0254. The van der Waals surface area contributed by atoms with Gasteiger partial charge in [-0.15, -0.1) is 0 Å². The Hall–Kier alpha value is -3.67. The van der Waals surface area contributed by atoms with Gasteiger partial charge in [0.15, 0.2) is 5.78 Å². The SMILES string of the molecule is C=C(C)[C@H](C=C(C)C)Cc1c(O)cc(OC)c(C(=O)/C=C/c2ccc(O)cc2O)c1O. The van der Waals surface area contributed by atoms with Gasteiger partial charge in [0.1, 0.15) is 34.3 Å². The quantitative estimate of drug-likeness (QED) is 0.266. The Bertz CT molecular complexity index is 1060. The number of phenols is 4. The molecule has 0 saturated carbocycles. The number of hydrogen-bond donors (Lipinski definition) is 4. The van der Waals surface area contributed by atoms with Crippen molar-refractivity contribution in [2.75, 3.05) is 7.11 Å². The zero-order chi connectivity index (χ0) is 23.3. The Labute approximate surface area is 182 Å². The van der Waals surface area contributed by atoms with Crippen molar-refractivity contribution < 1.29 is 30.0 Å². The Kier molecular flexibility index (Phi) is 7.53. The monoisotopic (exact) mass is 424 g/mol. The van der Waals surface area contributed by atoms with Crippen molar-refractivity contribution in [1.29, 1.82) is 0 Å². The molecule has 2 rings (SSSR count).